The summed E-state index contributed by atoms with van der Waals surface area (Å²) in [4.78, 5) is 4.46. The van der Waals surface area contributed by atoms with Crippen molar-refractivity contribution >= 4 is 16.9 Å². The molecule has 0 saturated carbocycles. The van der Waals surface area contributed by atoms with Crippen LogP contribution in [0.3, 0.4) is 0 Å². The van der Waals surface area contributed by atoms with Gasteiger partial charge in [0.2, 0.25) is 0 Å². The van der Waals surface area contributed by atoms with Crippen molar-refractivity contribution in [1.29, 1.82) is 0 Å². The van der Waals surface area contributed by atoms with Gasteiger partial charge < -0.3 is 5.32 Å². The number of hydrogen-bond donors (Lipinski definition) is 1. The van der Waals surface area contributed by atoms with Gasteiger partial charge in [-0.15, -0.1) is 0 Å². The molecule has 0 fully saturated rings. The highest BCUT2D eigenvalue weighted by Crippen LogP contribution is 2.08. The molecule has 1 aliphatic rings. The molecule has 3 heteroatoms. The van der Waals surface area contributed by atoms with E-state index in [9.17, 15) is 0 Å². The van der Waals surface area contributed by atoms with Crippen molar-refractivity contribution in [1.82, 2.24) is 5.32 Å². The van der Waals surface area contributed by atoms with Crippen molar-refractivity contribution in [3.05, 3.63) is 0 Å². The summed E-state index contributed by atoms with van der Waals surface area (Å²) in [6, 6.07) is 0. The first-order chi connectivity index (χ1) is 5.93. The van der Waals surface area contributed by atoms with Crippen molar-refractivity contribution in [2.75, 3.05) is 18.8 Å². The van der Waals surface area contributed by atoms with Gasteiger partial charge in [-0.3, -0.25) is 4.99 Å². The lowest BCUT2D eigenvalue weighted by Crippen LogP contribution is -2.20. The van der Waals surface area contributed by atoms with E-state index in [2.05, 4.69) is 17.2 Å². The quantitative estimate of drug-likeness (QED) is 0.684. The van der Waals surface area contributed by atoms with Crippen molar-refractivity contribution in [2.45, 2.75) is 32.6 Å². The van der Waals surface area contributed by atoms with Crippen LogP contribution in [0.15, 0.2) is 4.99 Å². The fourth-order valence-electron chi connectivity index (χ4n) is 1.08. The molecule has 0 radical (unpaired) electrons. The zero-order chi connectivity index (χ0) is 8.65. The van der Waals surface area contributed by atoms with Crippen LogP contribution in [-0.2, 0) is 0 Å². The topological polar surface area (TPSA) is 24.4 Å². The Morgan fingerprint density at radius 2 is 2.42 bits per heavy atom. The lowest BCUT2D eigenvalue weighted by atomic mass is 10.3. The van der Waals surface area contributed by atoms with Crippen LogP contribution in [0.5, 0.6) is 0 Å². The number of hydrogen-bond acceptors (Lipinski definition) is 3. The molecule has 1 heterocycles. The smallest absolute Gasteiger partial charge is 0.156 e. The van der Waals surface area contributed by atoms with Crippen LogP contribution < -0.4 is 5.32 Å². The van der Waals surface area contributed by atoms with E-state index in [-0.39, 0.29) is 0 Å². The maximum Gasteiger partial charge on any atom is 0.156 e. The number of aliphatic imine (C=N–C) groups is 1. The highest BCUT2D eigenvalue weighted by Gasteiger charge is 2.02. The lowest BCUT2D eigenvalue weighted by Gasteiger charge is -2.04. The summed E-state index contributed by atoms with van der Waals surface area (Å²) in [6.45, 7) is 4.35. The molecule has 0 atom stereocenters. The van der Waals surface area contributed by atoms with E-state index in [1.165, 1.54) is 36.6 Å². The molecule has 0 aromatic rings. The second kappa shape index (κ2) is 6.35. The van der Waals surface area contributed by atoms with E-state index in [1.807, 2.05) is 11.8 Å². The molecule has 0 bridgehead atoms. The molecule has 0 aliphatic carbocycles. The van der Waals surface area contributed by atoms with Gasteiger partial charge in [-0.25, -0.2) is 0 Å². The van der Waals surface area contributed by atoms with Gasteiger partial charge in [-0.2, -0.15) is 0 Å². The highest BCUT2D eigenvalue weighted by atomic mass is 32.2. The minimum atomic E-state index is 1.02. The Morgan fingerprint density at radius 1 is 1.50 bits per heavy atom. The average Bonchev–Trinajstić information content (AvgIpc) is 2.33. The third-order valence-electron chi connectivity index (χ3n) is 1.85. The maximum absolute atomic E-state index is 4.46. The molecule has 0 spiro atoms. The second-order valence-corrected chi connectivity index (χ2v) is 4.11. The minimum Gasteiger partial charge on any atom is -0.365 e. The molecule has 1 aliphatic heterocycles. The predicted octanol–water partition coefficient (Wildman–Crippen LogP) is 2.26. The number of rotatable bonds is 3. The van der Waals surface area contributed by atoms with Crippen LogP contribution in [0.25, 0.3) is 0 Å². The average molecular weight is 186 g/mol. The molecule has 0 aromatic heterocycles. The highest BCUT2D eigenvalue weighted by molar-refractivity contribution is 8.13. The van der Waals surface area contributed by atoms with E-state index >= 15 is 0 Å². The summed E-state index contributed by atoms with van der Waals surface area (Å²) in [6.07, 6.45) is 5.08. The first kappa shape index (κ1) is 9.90. The van der Waals surface area contributed by atoms with Crippen molar-refractivity contribution in [3.63, 3.8) is 0 Å². The van der Waals surface area contributed by atoms with Gasteiger partial charge in [-0.05, 0) is 19.3 Å². The van der Waals surface area contributed by atoms with Crippen LogP contribution in [0.1, 0.15) is 32.6 Å². The van der Waals surface area contributed by atoms with E-state index in [4.69, 9.17) is 0 Å². The Morgan fingerprint density at radius 3 is 3.25 bits per heavy atom. The third-order valence-corrected chi connectivity index (χ3v) is 2.89. The summed E-state index contributed by atoms with van der Waals surface area (Å²) < 4.78 is 0. The second-order valence-electron chi connectivity index (χ2n) is 3.02. The van der Waals surface area contributed by atoms with E-state index in [1.54, 1.807) is 0 Å². The van der Waals surface area contributed by atoms with E-state index in [0.29, 0.717) is 0 Å². The Labute approximate surface area is 79.2 Å². The Kier molecular flexibility index (Phi) is 5.24. The van der Waals surface area contributed by atoms with Gasteiger partial charge in [0.1, 0.15) is 0 Å². The van der Waals surface area contributed by atoms with Crippen molar-refractivity contribution < 1.29 is 0 Å². The zero-order valence-electron chi connectivity index (χ0n) is 7.81. The fraction of sp³-hybridized carbons (Fsp3) is 0.889. The third kappa shape index (κ3) is 4.00. The van der Waals surface area contributed by atoms with Crippen molar-refractivity contribution in [2.24, 2.45) is 4.99 Å². The van der Waals surface area contributed by atoms with Crippen LogP contribution >= 0.6 is 11.8 Å². The normalized spacial score (nSPS) is 17.9. The van der Waals surface area contributed by atoms with Crippen LogP contribution in [-0.4, -0.2) is 24.0 Å². The Hall–Kier alpha value is -0.180. The molecule has 0 saturated heterocycles. The number of nitrogens with zero attached hydrogens (tertiary/aromatic N) is 1. The molecular weight excluding hydrogens is 168 g/mol. The van der Waals surface area contributed by atoms with Crippen LogP contribution in [0, 0.1) is 0 Å². The standard InChI is InChI=1S/C9H18N2S/c1-2-3-8-12-9-10-6-4-5-7-11-9/h2-8H2,1H3,(H,10,11). The van der Waals surface area contributed by atoms with Gasteiger partial charge in [0, 0.05) is 18.8 Å². The van der Waals surface area contributed by atoms with Gasteiger partial charge in [0.05, 0.1) is 0 Å². The zero-order valence-corrected chi connectivity index (χ0v) is 8.62. The first-order valence-electron chi connectivity index (χ1n) is 4.84. The molecule has 12 heavy (non-hydrogen) atoms. The largest absolute Gasteiger partial charge is 0.365 e. The minimum absolute atomic E-state index is 1.02. The predicted molar refractivity (Wildman–Crippen MR) is 56.9 cm³/mol. The Balaban J connectivity index is 2.15. The summed E-state index contributed by atoms with van der Waals surface area (Å²) in [5.41, 5.74) is 0. The number of thioether (sulfide) groups is 1. The molecule has 0 amide bonds. The molecule has 0 aromatic carbocycles. The molecular formula is C9H18N2S. The van der Waals surface area contributed by atoms with Gasteiger partial charge in [0.25, 0.3) is 0 Å². The monoisotopic (exact) mass is 186 g/mol. The molecule has 0 unspecified atom stereocenters. The van der Waals surface area contributed by atoms with Gasteiger partial charge >= 0.3 is 0 Å². The van der Waals surface area contributed by atoms with Gasteiger partial charge in [-0.1, -0.05) is 25.1 Å². The number of amidine groups is 1. The fourth-order valence-corrected chi connectivity index (χ4v) is 2.09. The molecule has 1 rings (SSSR count). The van der Waals surface area contributed by atoms with E-state index < -0.39 is 0 Å². The summed E-state index contributed by atoms with van der Waals surface area (Å²) in [7, 11) is 0. The van der Waals surface area contributed by atoms with Gasteiger partial charge in [0.15, 0.2) is 5.17 Å². The number of unbranched alkanes of at least 4 members (excludes halogenated alkanes) is 1. The molecule has 1 N–H and O–H groups in total. The maximum atomic E-state index is 4.46. The summed E-state index contributed by atoms with van der Waals surface area (Å²) >= 11 is 1.87. The molecule has 2 nitrogen and oxygen atoms in total. The first-order valence-corrected chi connectivity index (χ1v) is 5.83. The number of nitrogens with one attached hydrogen (secondary N) is 1. The SMILES string of the molecule is CCCCSC1=NCCCCN1. The summed E-state index contributed by atoms with van der Waals surface area (Å²) in [5.74, 6) is 1.21. The Bertz CT molecular complexity index is 145. The van der Waals surface area contributed by atoms with Crippen LogP contribution in [0.2, 0.25) is 0 Å². The van der Waals surface area contributed by atoms with Crippen molar-refractivity contribution in [3.8, 4) is 0 Å². The molecule has 70 valence electrons. The summed E-state index contributed by atoms with van der Waals surface area (Å²) in [5, 5.41) is 4.52. The van der Waals surface area contributed by atoms with E-state index in [0.717, 1.165) is 13.1 Å². The lowest BCUT2D eigenvalue weighted by molar-refractivity contribution is 0.750. The van der Waals surface area contributed by atoms with Crippen LogP contribution in [0.4, 0.5) is 0 Å².